The molecule has 0 aliphatic rings. The van der Waals surface area contributed by atoms with E-state index in [1.807, 2.05) is 20.8 Å². The number of aromatic nitrogens is 1. The Balaban J connectivity index is 2.96. The molecule has 0 saturated heterocycles. The van der Waals surface area contributed by atoms with Crippen LogP contribution in [0.3, 0.4) is 0 Å². The molecule has 0 bridgehead atoms. The van der Waals surface area contributed by atoms with E-state index >= 15 is 0 Å². The number of carbonyl (C=O) groups is 1. The van der Waals surface area contributed by atoms with Crippen LogP contribution in [0.15, 0.2) is 11.6 Å². The standard InChI is InChI=1S/C11H18N2O3S2/c1-10(2,3)18(16)13-11(4,7-8(14)15)9-12-5-6-17-9/h5-6,13H,7H2,1-4H3,(H,14,15)/t11-,18?/m0/s1. The third-order valence-corrected chi connectivity index (χ3v) is 5.07. The SMILES string of the molecule is CC(C)(C)[S+]([O-])N[C@@](C)(CC(=O)O)c1nccs1. The molecule has 0 aromatic carbocycles. The molecular formula is C11H18N2O3S2. The molecule has 0 radical (unpaired) electrons. The fourth-order valence-corrected chi connectivity index (χ4v) is 3.02. The Morgan fingerprint density at radius 3 is 2.56 bits per heavy atom. The van der Waals surface area contributed by atoms with E-state index in [9.17, 15) is 9.35 Å². The van der Waals surface area contributed by atoms with Crippen molar-refractivity contribution in [2.75, 3.05) is 0 Å². The quantitative estimate of drug-likeness (QED) is 0.809. The van der Waals surface area contributed by atoms with Crippen LogP contribution in [0.2, 0.25) is 0 Å². The van der Waals surface area contributed by atoms with Gasteiger partial charge in [-0.1, -0.05) is 0 Å². The van der Waals surface area contributed by atoms with Gasteiger partial charge in [0.05, 0.1) is 6.42 Å². The van der Waals surface area contributed by atoms with Crippen LogP contribution in [0.25, 0.3) is 0 Å². The Kier molecular flexibility index (Phi) is 4.77. The van der Waals surface area contributed by atoms with Gasteiger partial charge in [-0.05, 0) is 27.7 Å². The Bertz CT molecular complexity index is 403. The lowest BCUT2D eigenvalue weighted by Crippen LogP contribution is -2.50. The molecule has 1 rings (SSSR count). The number of rotatable bonds is 5. The maximum Gasteiger partial charge on any atom is 0.305 e. The number of hydrogen-bond donors (Lipinski definition) is 2. The second-order valence-electron chi connectivity index (χ2n) is 5.22. The third-order valence-electron chi connectivity index (χ3n) is 2.28. The van der Waals surface area contributed by atoms with Crippen LogP contribution < -0.4 is 4.72 Å². The topological polar surface area (TPSA) is 85.3 Å². The molecular weight excluding hydrogens is 272 g/mol. The Morgan fingerprint density at radius 2 is 2.17 bits per heavy atom. The summed E-state index contributed by atoms with van der Waals surface area (Å²) in [5.74, 6) is -0.953. The van der Waals surface area contributed by atoms with Crippen molar-refractivity contribution >= 4 is 28.7 Å². The molecule has 1 unspecified atom stereocenters. The highest BCUT2D eigenvalue weighted by atomic mass is 32.2. The summed E-state index contributed by atoms with van der Waals surface area (Å²) in [6, 6.07) is 0. The predicted molar refractivity (Wildman–Crippen MR) is 72.7 cm³/mol. The van der Waals surface area contributed by atoms with E-state index in [0.29, 0.717) is 5.01 Å². The van der Waals surface area contributed by atoms with E-state index < -0.39 is 27.6 Å². The van der Waals surface area contributed by atoms with Crippen molar-refractivity contribution in [2.45, 2.75) is 44.4 Å². The molecule has 0 aliphatic carbocycles. The maximum absolute atomic E-state index is 12.1. The summed E-state index contributed by atoms with van der Waals surface area (Å²) >= 11 is -0.00138. The van der Waals surface area contributed by atoms with Crippen molar-refractivity contribution in [1.82, 2.24) is 9.71 Å². The van der Waals surface area contributed by atoms with Gasteiger partial charge in [0, 0.05) is 22.9 Å². The molecule has 2 atom stereocenters. The zero-order chi connectivity index (χ0) is 14.0. The number of nitrogens with one attached hydrogen (secondary N) is 1. The van der Waals surface area contributed by atoms with E-state index in [1.54, 1.807) is 18.5 Å². The summed E-state index contributed by atoms with van der Waals surface area (Å²) in [5.41, 5.74) is -0.919. The summed E-state index contributed by atoms with van der Waals surface area (Å²) in [6.45, 7) is 7.21. The van der Waals surface area contributed by atoms with E-state index in [-0.39, 0.29) is 6.42 Å². The van der Waals surface area contributed by atoms with E-state index in [2.05, 4.69) is 9.71 Å². The van der Waals surface area contributed by atoms with Crippen LogP contribution in [0, 0.1) is 0 Å². The second kappa shape index (κ2) is 5.56. The molecule has 2 N–H and O–H groups in total. The zero-order valence-electron chi connectivity index (χ0n) is 10.9. The first-order chi connectivity index (χ1) is 8.15. The van der Waals surface area contributed by atoms with Gasteiger partial charge < -0.3 is 9.66 Å². The van der Waals surface area contributed by atoms with Gasteiger partial charge in [0.1, 0.15) is 15.3 Å². The van der Waals surface area contributed by atoms with Crippen molar-refractivity contribution in [3.8, 4) is 0 Å². The van der Waals surface area contributed by atoms with Crippen LogP contribution in [-0.2, 0) is 21.7 Å². The highest BCUT2D eigenvalue weighted by Crippen LogP contribution is 2.29. The highest BCUT2D eigenvalue weighted by molar-refractivity contribution is 7.90. The second-order valence-corrected chi connectivity index (χ2v) is 8.08. The lowest BCUT2D eigenvalue weighted by molar-refractivity contribution is -0.138. The molecule has 1 aromatic rings. The fourth-order valence-electron chi connectivity index (χ4n) is 1.31. The molecule has 0 aliphatic heterocycles. The average molecular weight is 290 g/mol. The normalized spacial score (nSPS) is 17.2. The van der Waals surface area contributed by atoms with Crippen molar-refractivity contribution in [3.63, 3.8) is 0 Å². The van der Waals surface area contributed by atoms with Crippen LogP contribution >= 0.6 is 11.3 Å². The first-order valence-electron chi connectivity index (χ1n) is 5.46. The fraction of sp³-hybridized carbons (Fsp3) is 0.636. The third kappa shape index (κ3) is 3.94. The molecule has 0 amide bonds. The van der Waals surface area contributed by atoms with Gasteiger partial charge in [0.25, 0.3) is 0 Å². The average Bonchev–Trinajstić information content (AvgIpc) is 2.67. The Morgan fingerprint density at radius 1 is 1.56 bits per heavy atom. The summed E-state index contributed by atoms with van der Waals surface area (Å²) in [5, 5.41) is 11.4. The largest absolute Gasteiger partial charge is 0.598 e. The minimum absolute atomic E-state index is 0.164. The smallest absolute Gasteiger partial charge is 0.305 e. The van der Waals surface area contributed by atoms with Crippen molar-refractivity contribution in [3.05, 3.63) is 16.6 Å². The molecule has 0 fully saturated rings. The number of aliphatic carboxylic acids is 1. The summed E-state index contributed by atoms with van der Waals surface area (Å²) in [6.07, 6.45) is 1.45. The van der Waals surface area contributed by atoms with Gasteiger partial charge in [0.15, 0.2) is 0 Å². The van der Waals surface area contributed by atoms with E-state index in [1.165, 1.54) is 11.3 Å². The lowest BCUT2D eigenvalue weighted by Gasteiger charge is -2.32. The van der Waals surface area contributed by atoms with Gasteiger partial charge in [-0.15, -0.1) is 16.1 Å². The molecule has 1 heterocycles. The number of carboxylic acids is 1. The van der Waals surface area contributed by atoms with Gasteiger partial charge in [-0.25, -0.2) is 4.98 Å². The van der Waals surface area contributed by atoms with Crippen LogP contribution in [-0.4, -0.2) is 25.4 Å². The van der Waals surface area contributed by atoms with Gasteiger partial charge in [-0.2, -0.15) is 0 Å². The van der Waals surface area contributed by atoms with Crippen LogP contribution in [0.1, 0.15) is 39.1 Å². The van der Waals surface area contributed by atoms with Crippen LogP contribution in [0.4, 0.5) is 0 Å². The maximum atomic E-state index is 12.1. The molecule has 0 spiro atoms. The van der Waals surface area contributed by atoms with Crippen molar-refractivity contribution < 1.29 is 14.5 Å². The number of hydrogen-bond acceptors (Lipinski definition) is 5. The molecule has 102 valence electrons. The minimum atomic E-state index is -1.35. The lowest BCUT2D eigenvalue weighted by atomic mass is 10.0. The zero-order valence-corrected chi connectivity index (χ0v) is 12.5. The number of nitrogens with zero attached hydrogens (tertiary/aromatic N) is 1. The van der Waals surface area contributed by atoms with Gasteiger partial charge >= 0.3 is 5.97 Å². The molecule has 7 heteroatoms. The summed E-state index contributed by atoms with van der Waals surface area (Å²) in [4.78, 5) is 15.1. The molecule has 1 aromatic heterocycles. The highest BCUT2D eigenvalue weighted by Gasteiger charge is 2.40. The van der Waals surface area contributed by atoms with Crippen LogP contribution in [0.5, 0.6) is 0 Å². The number of thiazole rings is 1. The Hall–Kier alpha value is -0.630. The van der Waals surface area contributed by atoms with Gasteiger partial charge in [0.2, 0.25) is 0 Å². The number of carboxylic acid groups (broad SMARTS) is 1. The minimum Gasteiger partial charge on any atom is -0.598 e. The first kappa shape index (κ1) is 15.4. The van der Waals surface area contributed by atoms with Crippen molar-refractivity contribution in [1.29, 1.82) is 0 Å². The van der Waals surface area contributed by atoms with Gasteiger partial charge in [-0.3, -0.25) is 4.79 Å². The van der Waals surface area contributed by atoms with Crippen molar-refractivity contribution in [2.24, 2.45) is 0 Å². The molecule has 5 nitrogen and oxygen atoms in total. The Labute approximate surface area is 114 Å². The van der Waals surface area contributed by atoms with E-state index in [0.717, 1.165) is 0 Å². The summed E-state index contributed by atoms with van der Waals surface area (Å²) in [7, 11) is 0. The summed E-state index contributed by atoms with van der Waals surface area (Å²) < 4.78 is 14.6. The first-order valence-corrected chi connectivity index (χ1v) is 7.49. The molecule has 18 heavy (non-hydrogen) atoms. The molecule has 0 saturated carbocycles. The monoisotopic (exact) mass is 290 g/mol. The van der Waals surface area contributed by atoms with E-state index in [4.69, 9.17) is 5.11 Å². The predicted octanol–water partition coefficient (Wildman–Crippen LogP) is 1.88.